The molecule has 0 spiro atoms. The molecule has 3 aliphatic heterocycles. The van der Waals surface area contributed by atoms with Gasteiger partial charge in [-0.05, 0) is 18.6 Å². The van der Waals surface area contributed by atoms with Gasteiger partial charge in [-0.15, -0.1) is 0 Å². The van der Waals surface area contributed by atoms with Gasteiger partial charge in [0.25, 0.3) is 0 Å². The van der Waals surface area contributed by atoms with E-state index in [2.05, 4.69) is 6.92 Å². The number of para-hydroxylation sites is 1. The first kappa shape index (κ1) is 19.2. The minimum Gasteiger partial charge on any atom is -0.440 e. The summed E-state index contributed by atoms with van der Waals surface area (Å²) in [5.74, 6) is 0.497. The molecule has 0 unspecified atom stereocenters. The van der Waals surface area contributed by atoms with E-state index in [4.69, 9.17) is 4.74 Å². The normalized spacial score (nSPS) is 27.3. The van der Waals surface area contributed by atoms with Gasteiger partial charge in [0.2, 0.25) is 0 Å². The third-order valence-corrected chi connectivity index (χ3v) is 6.11. The highest BCUT2D eigenvalue weighted by Crippen LogP contribution is 2.36. The Balaban J connectivity index is 1.67. The number of aliphatic hydroxyl groups excluding tert-OH is 1. The van der Waals surface area contributed by atoms with Crippen molar-refractivity contribution in [1.82, 2.24) is 0 Å². The number of quaternary nitrogens is 1. The van der Waals surface area contributed by atoms with Crippen LogP contribution < -0.4 is 4.90 Å². The third kappa shape index (κ3) is 4.38. The van der Waals surface area contributed by atoms with Gasteiger partial charge in [-0.25, -0.2) is 4.79 Å². The van der Waals surface area contributed by atoms with Crippen molar-refractivity contribution in [3.8, 4) is 0 Å². The minimum atomic E-state index is -0.205. The van der Waals surface area contributed by atoms with Crippen LogP contribution in [0.3, 0.4) is 0 Å². The van der Waals surface area contributed by atoms with Crippen LogP contribution in [0.4, 0.5) is 10.5 Å². The fraction of sp³-hybridized carbons (Fsp3) is 0.667. The summed E-state index contributed by atoms with van der Waals surface area (Å²) >= 11 is 0. The fourth-order valence-electron chi connectivity index (χ4n) is 4.52. The van der Waals surface area contributed by atoms with Gasteiger partial charge >= 0.3 is 6.09 Å². The van der Waals surface area contributed by atoms with Crippen LogP contribution in [-0.2, 0) is 4.74 Å². The molecule has 144 valence electrons. The van der Waals surface area contributed by atoms with Crippen molar-refractivity contribution in [2.24, 2.45) is 5.92 Å². The summed E-state index contributed by atoms with van der Waals surface area (Å²) in [6, 6.07) is 9.84. The van der Waals surface area contributed by atoms with E-state index in [0.29, 0.717) is 12.5 Å². The van der Waals surface area contributed by atoms with E-state index >= 15 is 0 Å². The van der Waals surface area contributed by atoms with Crippen molar-refractivity contribution in [3.05, 3.63) is 30.3 Å². The number of hydrogen-bond donors (Lipinski definition) is 1. The Hall–Kier alpha value is -1.59. The van der Waals surface area contributed by atoms with Gasteiger partial charge < -0.3 is 14.3 Å². The van der Waals surface area contributed by atoms with Gasteiger partial charge in [-0.2, -0.15) is 0 Å². The summed E-state index contributed by atoms with van der Waals surface area (Å²) in [5.41, 5.74) is 0.913. The summed E-state index contributed by atoms with van der Waals surface area (Å²) in [4.78, 5) is 14.8. The molecule has 1 aromatic carbocycles. The SMILES string of the molecule is CCCCN(C(=O)O[C@H]1C[N+]2(CCCO)CCC1CC2)c1ccccc1. The van der Waals surface area contributed by atoms with Crippen molar-refractivity contribution in [3.63, 3.8) is 0 Å². The number of hydrogen-bond acceptors (Lipinski definition) is 3. The maximum atomic E-state index is 13.0. The summed E-state index contributed by atoms with van der Waals surface area (Å²) in [6.07, 6.45) is 4.91. The summed E-state index contributed by atoms with van der Waals surface area (Å²) in [7, 11) is 0. The van der Waals surface area contributed by atoms with Crippen molar-refractivity contribution in [2.45, 2.75) is 45.1 Å². The lowest BCUT2D eigenvalue weighted by atomic mass is 9.83. The van der Waals surface area contributed by atoms with Gasteiger partial charge in [0, 0.05) is 44.0 Å². The number of piperidine rings is 3. The molecule has 3 heterocycles. The lowest BCUT2D eigenvalue weighted by molar-refractivity contribution is -0.946. The van der Waals surface area contributed by atoms with Crippen molar-refractivity contribution >= 4 is 11.8 Å². The van der Waals surface area contributed by atoms with Gasteiger partial charge in [-0.3, -0.25) is 4.90 Å². The number of carbonyl (C=O) groups is 1. The maximum Gasteiger partial charge on any atom is 0.414 e. The molecule has 2 bridgehead atoms. The van der Waals surface area contributed by atoms with Crippen LogP contribution in [0, 0.1) is 5.92 Å². The molecule has 1 atom stereocenters. The molecule has 4 rings (SSSR count). The second-order valence-corrected chi connectivity index (χ2v) is 7.87. The average molecular weight is 362 g/mol. The lowest BCUT2D eigenvalue weighted by Crippen LogP contribution is -2.65. The Labute approximate surface area is 157 Å². The zero-order valence-corrected chi connectivity index (χ0v) is 16.0. The molecule has 3 saturated heterocycles. The molecule has 0 aliphatic carbocycles. The van der Waals surface area contributed by atoms with Crippen LogP contribution in [0.15, 0.2) is 30.3 Å². The number of fused-ring (bicyclic) bond motifs is 3. The van der Waals surface area contributed by atoms with Gasteiger partial charge in [0.05, 0.1) is 19.6 Å². The van der Waals surface area contributed by atoms with Crippen LogP contribution in [0.2, 0.25) is 0 Å². The number of ether oxygens (including phenoxy) is 1. The molecule has 3 fully saturated rings. The fourth-order valence-corrected chi connectivity index (χ4v) is 4.52. The van der Waals surface area contributed by atoms with Crippen LogP contribution >= 0.6 is 0 Å². The average Bonchev–Trinajstić information content (AvgIpc) is 2.68. The summed E-state index contributed by atoms with van der Waals surface area (Å²) < 4.78 is 7.06. The molecule has 26 heavy (non-hydrogen) atoms. The van der Waals surface area contributed by atoms with E-state index in [0.717, 1.165) is 68.5 Å². The third-order valence-electron chi connectivity index (χ3n) is 6.11. The Bertz CT molecular complexity index is 570. The molecule has 0 radical (unpaired) electrons. The molecular formula is C21H33N2O3+. The number of rotatable bonds is 8. The van der Waals surface area contributed by atoms with E-state index < -0.39 is 0 Å². The first-order chi connectivity index (χ1) is 12.7. The van der Waals surface area contributed by atoms with Crippen LogP contribution in [0.5, 0.6) is 0 Å². The number of aliphatic hydroxyl groups is 1. The monoisotopic (exact) mass is 361 g/mol. The summed E-state index contributed by atoms with van der Waals surface area (Å²) in [6.45, 7) is 7.31. The molecule has 0 saturated carbocycles. The number of anilines is 1. The van der Waals surface area contributed by atoms with E-state index in [1.807, 2.05) is 30.3 Å². The first-order valence-corrected chi connectivity index (χ1v) is 10.2. The molecule has 1 amide bonds. The summed E-state index contributed by atoms with van der Waals surface area (Å²) in [5, 5.41) is 9.21. The Morgan fingerprint density at radius 1 is 1.23 bits per heavy atom. The van der Waals surface area contributed by atoms with Crippen molar-refractivity contribution in [2.75, 3.05) is 44.2 Å². The van der Waals surface area contributed by atoms with Crippen LogP contribution in [0.25, 0.3) is 0 Å². The van der Waals surface area contributed by atoms with E-state index in [-0.39, 0.29) is 18.8 Å². The van der Waals surface area contributed by atoms with Gasteiger partial charge in [-0.1, -0.05) is 31.5 Å². The second kappa shape index (κ2) is 8.87. The predicted molar refractivity (Wildman–Crippen MR) is 103 cm³/mol. The van der Waals surface area contributed by atoms with Crippen LogP contribution in [-0.4, -0.2) is 61.1 Å². The topological polar surface area (TPSA) is 49.8 Å². The molecule has 3 aliphatic rings. The smallest absolute Gasteiger partial charge is 0.414 e. The van der Waals surface area contributed by atoms with Crippen molar-refractivity contribution in [1.29, 1.82) is 0 Å². The Morgan fingerprint density at radius 3 is 2.62 bits per heavy atom. The number of amides is 1. The zero-order valence-electron chi connectivity index (χ0n) is 16.0. The first-order valence-electron chi connectivity index (χ1n) is 10.2. The Kier molecular flexibility index (Phi) is 6.54. The second-order valence-electron chi connectivity index (χ2n) is 7.87. The van der Waals surface area contributed by atoms with E-state index in [1.165, 1.54) is 0 Å². The molecule has 1 aromatic rings. The largest absolute Gasteiger partial charge is 0.440 e. The lowest BCUT2D eigenvalue weighted by Gasteiger charge is -2.52. The molecular weight excluding hydrogens is 328 g/mol. The van der Waals surface area contributed by atoms with Gasteiger partial charge in [0.1, 0.15) is 6.54 Å². The number of nitrogens with zero attached hydrogens (tertiary/aromatic N) is 2. The molecule has 1 N–H and O–H groups in total. The Morgan fingerprint density at radius 2 is 1.96 bits per heavy atom. The van der Waals surface area contributed by atoms with Crippen molar-refractivity contribution < 1.29 is 19.1 Å². The predicted octanol–water partition coefficient (Wildman–Crippen LogP) is 3.42. The molecule has 5 heteroatoms. The highest BCUT2D eigenvalue weighted by molar-refractivity contribution is 5.87. The van der Waals surface area contributed by atoms with Crippen LogP contribution in [0.1, 0.15) is 39.0 Å². The standard InChI is InChI=1S/C21H33N2O3/c1-2-3-12-22(19-8-5-4-6-9-19)21(25)26-20-17-23(13-7-16-24)14-10-18(20)11-15-23/h4-6,8-9,18,20,24H,2-3,7,10-17H2,1H3/q+1/t18?,20-,23?/m0/s1. The molecule has 5 nitrogen and oxygen atoms in total. The van der Waals surface area contributed by atoms with Gasteiger partial charge in [0.15, 0.2) is 6.10 Å². The van der Waals surface area contributed by atoms with E-state index in [1.54, 1.807) is 4.90 Å². The number of unbranched alkanes of at least 4 members (excludes halogenated alkanes) is 1. The maximum absolute atomic E-state index is 13.0. The van der Waals surface area contributed by atoms with E-state index in [9.17, 15) is 9.90 Å². The minimum absolute atomic E-state index is 0.0107. The highest BCUT2D eigenvalue weighted by Gasteiger charge is 2.47. The number of carbonyl (C=O) groups excluding carboxylic acids is 1. The quantitative estimate of drug-likeness (QED) is 0.722. The molecule has 0 aromatic heterocycles. The zero-order chi connectivity index (χ0) is 18.4. The number of benzene rings is 1. The highest BCUT2D eigenvalue weighted by atomic mass is 16.6.